The normalized spacial score (nSPS) is 18.5. The highest BCUT2D eigenvalue weighted by atomic mass is 32.2. The van der Waals surface area contributed by atoms with Crippen molar-refractivity contribution in [2.75, 3.05) is 31.6 Å². The first-order chi connectivity index (χ1) is 14.9. The van der Waals surface area contributed by atoms with E-state index in [9.17, 15) is 8.42 Å². The van der Waals surface area contributed by atoms with Crippen LogP contribution < -0.4 is 4.90 Å². The van der Waals surface area contributed by atoms with Crippen molar-refractivity contribution in [3.63, 3.8) is 0 Å². The predicted molar refractivity (Wildman–Crippen MR) is 126 cm³/mol. The Morgan fingerprint density at radius 2 is 1.68 bits per heavy atom. The Labute approximate surface area is 185 Å². The van der Waals surface area contributed by atoms with Crippen molar-refractivity contribution in [3.8, 4) is 0 Å². The van der Waals surface area contributed by atoms with E-state index >= 15 is 0 Å². The van der Waals surface area contributed by atoms with E-state index in [1.807, 2.05) is 37.3 Å². The summed E-state index contributed by atoms with van der Waals surface area (Å²) < 4.78 is 28.2. The second kappa shape index (κ2) is 7.99. The van der Waals surface area contributed by atoms with Gasteiger partial charge in [0.25, 0.3) is 10.0 Å². The van der Waals surface area contributed by atoms with Crippen molar-refractivity contribution >= 4 is 26.6 Å². The molecule has 5 rings (SSSR count). The van der Waals surface area contributed by atoms with E-state index in [4.69, 9.17) is 0 Å². The quantitative estimate of drug-likeness (QED) is 0.570. The highest BCUT2D eigenvalue weighted by Crippen LogP contribution is 2.37. The Kier molecular flexibility index (Phi) is 5.30. The molecule has 2 heterocycles. The molecular weight excluding hydrogens is 406 g/mol. The van der Waals surface area contributed by atoms with Crippen LogP contribution in [-0.2, 0) is 10.0 Å². The highest BCUT2D eigenvalue weighted by Gasteiger charge is 2.31. The third-order valence-electron chi connectivity index (χ3n) is 6.84. The maximum absolute atomic E-state index is 13.4. The standard InChI is InChI=1S/C25H31N3O2S/c1-19-6-10-22(11-7-19)31(29,30)28-17-14-23-24(4-3-5-25(23)28)27(18-20-8-9-20)21-12-15-26(2)16-13-21/h3-7,10-11,14,17,20-21H,8-9,12-13,15-16,18H2,1-2H3. The van der Waals surface area contributed by atoms with Crippen LogP contribution in [0.4, 0.5) is 5.69 Å². The number of rotatable bonds is 6. The summed E-state index contributed by atoms with van der Waals surface area (Å²) in [4.78, 5) is 5.30. The van der Waals surface area contributed by atoms with Crippen molar-refractivity contribution in [2.24, 2.45) is 5.92 Å². The number of fused-ring (bicyclic) bond motifs is 1. The third-order valence-corrected chi connectivity index (χ3v) is 8.55. The Morgan fingerprint density at radius 3 is 2.35 bits per heavy atom. The molecule has 1 saturated heterocycles. The molecule has 1 aliphatic heterocycles. The Morgan fingerprint density at radius 1 is 0.968 bits per heavy atom. The first-order valence-electron chi connectivity index (χ1n) is 11.3. The van der Waals surface area contributed by atoms with Gasteiger partial charge in [-0.15, -0.1) is 0 Å². The van der Waals surface area contributed by atoms with Crippen LogP contribution in [0.2, 0.25) is 0 Å². The monoisotopic (exact) mass is 437 g/mol. The Balaban J connectivity index is 1.55. The third kappa shape index (κ3) is 3.99. The lowest BCUT2D eigenvalue weighted by Crippen LogP contribution is -2.44. The second-order valence-corrected chi connectivity index (χ2v) is 11.1. The molecule has 0 amide bonds. The van der Waals surface area contributed by atoms with E-state index < -0.39 is 10.0 Å². The van der Waals surface area contributed by atoms with Gasteiger partial charge in [-0.25, -0.2) is 12.4 Å². The van der Waals surface area contributed by atoms with Crippen molar-refractivity contribution in [2.45, 2.75) is 43.5 Å². The summed E-state index contributed by atoms with van der Waals surface area (Å²) in [5.41, 5.74) is 2.98. The van der Waals surface area contributed by atoms with Gasteiger partial charge in [0.2, 0.25) is 0 Å². The maximum atomic E-state index is 13.4. The molecule has 2 aromatic carbocycles. The van der Waals surface area contributed by atoms with Crippen molar-refractivity contribution in [3.05, 3.63) is 60.3 Å². The summed E-state index contributed by atoms with van der Waals surface area (Å²) in [5.74, 6) is 0.772. The van der Waals surface area contributed by atoms with Crippen LogP contribution in [-0.4, -0.2) is 50.0 Å². The first-order valence-corrected chi connectivity index (χ1v) is 12.7. The highest BCUT2D eigenvalue weighted by molar-refractivity contribution is 7.90. The average molecular weight is 438 g/mol. The van der Waals surface area contributed by atoms with E-state index in [1.54, 1.807) is 18.3 Å². The molecule has 3 aromatic rings. The maximum Gasteiger partial charge on any atom is 0.268 e. The summed E-state index contributed by atoms with van der Waals surface area (Å²) in [6.45, 7) is 5.27. The average Bonchev–Trinajstić information content (AvgIpc) is 3.47. The molecule has 2 fully saturated rings. The molecule has 0 radical (unpaired) electrons. The topological polar surface area (TPSA) is 45.6 Å². The van der Waals surface area contributed by atoms with Gasteiger partial charge in [0.1, 0.15) is 0 Å². The minimum atomic E-state index is -3.63. The number of hydrogen-bond donors (Lipinski definition) is 0. The lowest BCUT2D eigenvalue weighted by molar-refractivity contribution is 0.249. The lowest BCUT2D eigenvalue weighted by Gasteiger charge is -2.39. The zero-order valence-corrected chi connectivity index (χ0v) is 19.2. The van der Waals surface area contributed by atoms with Crippen LogP contribution in [0, 0.1) is 12.8 Å². The summed E-state index contributed by atoms with van der Waals surface area (Å²) in [5, 5.41) is 1.03. The van der Waals surface area contributed by atoms with E-state index in [0.717, 1.165) is 54.9 Å². The molecule has 6 heteroatoms. The molecular formula is C25H31N3O2S. The zero-order valence-electron chi connectivity index (χ0n) is 18.4. The van der Waals surface area contributed by atoms with Crippen LogP contribution in [0.15, 0.2) is 59.6 Å². The smallest absolute Gasteiger partial charge is 0.268 e. The summed E-state index contributed by atoms with van der Waals surface area (Å²) in [6, 6.07) is 15.7. The van der Waals surface area contributed by atoms with E-state index in [-0.39, 0.29) is 0 Å². The summed E-state index contributed by atoms with van der Waals surface area (Å²) >= 11 is 0. The van der Waals surface area contributed by atoms with Gasteiger partial charge >= 0.3 is 0 Å². The molecule has 2 aliphatic rings. The summed E-state index contributed by atoms with van der Waals surface area (Å²) in [7, 11) is -1.44. The first kappa shape index (κ1) is 20.6. The molecule has 0 atom stereocenters. The number of likely N-dealkylation sites (tertiary alicyclic amines) is 1. The van der Waals surface area contributed by atoms with E-state index in [0.29, 0.717) is 10.9 Å². The number of hydrogen-bond acceptors (Lipinski definition) is 4. The Hall–Kier alpha value is -2.31. The van der Waals surface area contributed by atoms with Crippen LogP contribution in [0.3, 0.4) is 0 Å². The molecule has 1 aliphatic carbocycles. The van der Waals surface area contributed by atoms with Crippen LogP contribution in [0.1, 0.15) is 31.2 Å². The number of benzene rings is 2. The molecule has 0 bridgehead atoms. The molecule has 31 heavy (non-hydrogen) atoms. The van der Waals surface area contributed by atoms with Crippen molar-refractivity contribution in [1.82, 2.24) is 8.87 Å². The van der Waals surface area contributed by atoms with Crippen LogP contribution in [0.25, 0.3) is 10.9 Å². The van der Waals surface area contributed by atoms with Gasteiger partial charge in [-0.05, 0) is 89.0 Å². The zero-order chi connectivity index (χ0) is 21.6. The predicted octanol–water partition coefficient (Wildman–Crippen LogP) is 4.50. The van der Waals surface area contributed by atoms with Gasteiger partial charge in [0.05, 0.1) is 10.4 Å². The van der Waals surface area contributed by atoms with E-state index in [1.165, 1.54) is 22.5 Å². The minimum absolute atomic E-state index is 0.325. The SMILES string of the molecule is Cc1ccc(S(=O)(=O)n2ccc3c(N(CC4CC4)C4CCN(C)CC4)cccc32)cc1. The largest absolute Gasteiger partial charge is 0.368 e. The molecule has 1 aromatic heterocycles. The summed E-state index contributed by atoms with van der Waals surface area (Å²) in [6.07, 6.45) is 6.64. The van der Waals surface area contributed by atoms with Crippen LogP contribution in [0.5, 0.6) is 0 Å². The molecule has 0 spiro atoms. The van der Waals surface area contributed by atoms with Crippen molar-refractivity contribution < 1.29 is 8.42 Å². The minimum Gasteiger partial charge on any atom is -0.368 e. The number of nitrogens with zero attached hydrogens (tertiary/aromatic N) is 3. The molecule has 1 saturated carbocycles. The van der Waals surface area contributed by atoms with Gasteiger partial charge in [-0.1, -0.05) is 23.8 Å². The molecule has 164 valence electrons. The van der Waals surface area contributed by atoms with E-state index in [2.05, 4.69) is 22.9 Å². The fraction of sp³-hybridized carbons (Fsp3) is 0.440. The second-order valence-electron chi connectivity index (χ2n) is 9.27. The molecule has 0 N–H and O–H groups in total. The fourth-order valence-corrected chi connectivity index (χ4v) is 6.09. The molecule has 0 unspecified atom stereocenters. The van der Waals surface area contributed by atoms with Gasteiger partial charge in [-0.3, -0.25) is 0 Å². The van der Waals surface area contributed by atoms with Gasteiger partial charge < -0.3 is 9.80 Å². The van der Waals surface area contributed by atoms with Gasteiger partial charge in [-0.2, -0.15) is 0 Å². The lowest BCUT2D eigenvalue weighted by atomic mass is 10.0. The van der Waals surface area contributed by atoms with Gasteiger partial charge in [0, 0.05) is 29.9 Å². The van der Waals surface area contributed by atoms with Crippen molar-refractivity contribution in [1.29, 1.82) is 0 Å². The van der Waals surface area contributed by atoms with Gasteiger partial charge in [0.15, 0.2) is 0 Å². The number of anilines is 1. The Bertz CT molecular complexity index is 1170. The number of aromatic nitrogens is 1. The molecule has 5 nitrogen and oxygen atoms in total. The number of aryl methyl sites for hydroxylation is 1. The van der Waals surface area contributed by atoms with Crippen LogP contribution >= 0.6 is 0 Å². The number of piperidine rings is 1. The fourth-order valence-electron chi connectivity index (χ4n) is 4.74.